The number of carbonyl (C=O) groups is 1. The Morgan fingerprint density at radius 1 is 1.18 bits per heavy atom. The highest BCUT2D eigenvalue weighted by Crippen LogP contribution is 2.28. The third-order valence-corrected chi connectivity index (χ3v) is 6.87. The SMILES string of the molecule is COc1ccc(S(=O)(=O)N2CCCCC2CC(=O)NCc2ccncc2)cc1. The Balaban J connectivity index is 1.67. The van der Waals surface area contributed by atoms with Crippen molar-refractivity contribution in [1.82, 2.24) is 14.6 Å². The van der Waals surface area contributed by atoms with Gasteiger partial charge in [0.15, 0.2) is 0 Å². The molecule has 0 spiro atoms. The summed E-state index contributed by atoms with van der Waals surface area (Å²) in [7, 11) is -2.12. The molecule has 8 heteroatoms. The van der Waals surface area contributed by atoms with Crippen molar-refractivity contribution in [2.45, 2.75) is 43.2 Å². The van der Waals surface area contributed by atoms with Crippen molar-refractivity contribution in [3.05, 3.63) is 54.4 Å². The predicted molar refractivity (Wildman–Crippen MR) is 105 cm³/mol. The molecular formula is C20H25N3O4S. The van der Waals surface area contributed by atoms with Crippen LogP contribution in [0.5, 0.6) is 5.75 Å². The summed E-state index contributed by atoms with van der Waals surface area (Å²) in [5, 5.41) is 2.87. The number of nitrogens with zero attached hydrogens (tertiary/aromatic N) is 2. The fourth-order valence-corrected chi connectivity index (χ4v) is 5.06. The van der Waals surface area contributed by atoms with Crippen LogP contribution in [-0.2, 0) is 21.4 Å². The minimum atomic E-state index is -3.66. The van der Waals surface area contributed by atoms with E-state index in [0.29, 0.717) is 25.3 Å². The fourth-order valence-electron chi connectivity index (χ4n) is 3.37. The zero-order valence-electron chi connectivity index (χ0n) is 15.9. The average molecular weight is 404 g/mol. The van der Waals surface area contributed by atoms with Crippen LogP contribution in [0.2, 0.25) is 0 Å². The Bertz CT molecular complexity index is 885. The van der Waals surface area contributed by atoms with Gasteiger partial charge in [-0.1, -0.05) is 6.42 Å². The molecule has 7 nitrogen and oxygen atoms in total. The topological polar surface area (TPSA) is 88.6 Å². The number of nitrogens with one attached hydrogen (secondary N) is 1. The normalized spacial score (nSPS) is 17.8. The maximum absolute atomic E-state index is 13.1. The van der Waals surface area contributed by atoms with E-state index in [2.05, 4.69) is 10.3 Å². The average Bonchev–Trinajstić information content (AvgIpc) is 2.73. The van der Waals surface area contributed by atoms with Crippen LogP contribution in [-0.4, -0.2) is 43.3 Å². The molecule has 2 aromatic rings. The molecule has 2 heterocycles. The summed E-state index contributed by atoms with van der Waals surface area (Å²) in [6.07, 6.45) is 5.89. The molecule has 150 valence electrons. The first-order valence-corrected chi connectivity index (χ1v) is 10.8. The predicted octanol–water partition coefficient (Wildman–Crippen LogP) is 2.34. The van der Waals surface area contributed by atoms with Crippen molar-refractivity contribution < 1.29 is 17.9 Å². The standard InChI is InChI=1S/C20H25N3O4S/c1-27-18-5-7-19(8-6-18)28(25,26)23-13-3-2-4-17(23)14-20(24)22-15-16-9-11-21-12-10-16/h5-12,17H,2-4,13-15H2,1H3,(H,22,24). The summed E-state index contributed by atoms with van der Waals surface area (Å²) in [5.41, 5.74) is 0.953. The molecule has 1 aliphatic heterocycles. The van der Waals surface area contributed by atoms with Gasteiger partial charge in [-0.15, -0.1) is 0 Å². The van der Waals surface area contributed by atoms with Crippen LogP contribution in [0.15, 0.2) is 53.7 Å². The van der Waals surface area contributed by atoms with Gasteiger partial charge in [-0.3, -0.25) is 9.78 Å². The van der Waals surface area contributed by atoms with Gasteiger partial charge in [0.1, 0.15) is 5.75 Å². The number of hydrogen-bond acceptors (Lipinski definition) is 5. The van der Waals surface area contributed by atoms with Gasteiger partial charge in [-0.05, 0) is 54.8 Å². The lowest BCUT2D eigenvalue weighted by molar-refractivity contribution is -0.122. The molecule has 1 atom stereocenters. The van der Waals surface area contributed by atoms with E-state index < -0.39 is 10.0 Å². The van der Waals surface area contributed by atoms with Crippen molar-refractivity contribution in [1.29, 1.82) is 0 Å². The maximum atomic E-state index is 13.1. The quantitative estimate of drug-likeness (QED) is 0.767. The van der Waals surface area contributed by atoms with E-state index in [1.165, 1.54) is 11.4 Å². The lowest BCUT2D eigenvalue weighted by Crippen LogP contribution is -2.45. The summed E-state index contributed by atoms with van der Waals surface area (Å²) in [4.78, 5) is 16.6. The number of carbonyl (C=O) groups excluding carboxylic acids is 1. The molecule has 1 fully saturated rings. The van der Waals surface area contributed by atoms with Crippen molar-refractivity contribution in [2.75, 3.05) is 13.7 Å². The van der Waals surface area contributed by atoms with E-state index in [9.17, 15) is 13.2 Å². The lowest BCUT2D eigenvalue weighted by atomic mass is 10.0. The summed E-state index contributed by atoms with van der Waals surface area (Å²) in [6.45, 7) is 0.829. The molecule has 0 saturated carbocycles. The Labute approximate surface area is 165 Å². The van der Waals surface area contributed by atoms with Crippen LogP contribution in [0.25, 0.3) is 0 Å². The first-order valence-electron chi connectivity index (χ1n) is 9.32. The van der Waals surface area contributed by atoms with Crippen molar-refractivity contribution in [3.63, 3.8) is 0 Å². The van der Waals surface area contributed by atoms with Gasteiger partial charge < -0.3 is 10.1 Å². The Hall–Kier alpha value is -2.45. The molecule has 1 aliphatic rings. The molecule has 0 aliphatic carbocycles. The number of hydrogen-bond donors (Lipinski definition) is 1. The Morgan fingerprint density at radius 2 is 1.89 bits per heavy atom. The number of ether oxygens (including phenoxy) is 1. The summed E-state index contributed by atoms with van der Waals surface area (Å²) in [5.74, 6) is 0.447. The number of methoxy groups -OCH3 is 1. The van der Waals surface area contributed by atoms with Gasteiger partial charge in [0, 0.05) is 37.9 Å². The molecule has 1 saturated heterocycles. The van der Waals surface area contributed by atoms with E-state index in [1.807, 2.05) is 12.1 Å². The third kappa shape index (κ3) is 4.88. The Kier molecular flexibility index (Phi) is 6.64. The largest absolute Gasteiger partial charge is 0.497 e. The molecule has 28 heavy (non-hydrogen) atoms. The van der Waals surface area contributed by atoms with Gasteiger partial charge >= 0.3 is 0 Å². The molecule has 3 rings (SSSR count). The lowest BCUT2D eigenvalue weighted by Gasteiger charge is -2.34. The number of rotatable bonds is 7. The van der Waals surface area contributed by atoms with Crippen LogP contribution < -0.4 is 10.1 Å². The van der Waals surface area contributed by atoms with Crippen LogP contribution in [0.4, 0.5) is 0 Å². The first-order chi connectivity index (χ1) is 13.5. The fraction of sp³-hybridized carbons (Fsp3) is 0.400. The number of benzene rings is 1. The second kappa shape index (κ2) is 9.16. The van der Waals surface area contributed by atoms with Crippen molar-refractivity contribution >= 4 is 15.9 Å². The second-order valence-electron chi connectivity index (χ2n) is 6.78. The number of piperidine rings is 1. The van der Waals surface area contributed by atoms with E-state index in [4.69, 9.17) is 4.74 Å². The van der Waals surface area contributed by atoms with Gasteiger partial charge in [0.25, 0.3) is 0 Å². The molecule has 0 radical (unpaired) electrons. The van der Waals surface area contributed by atoms with Crippen LogP contribution in [0, 0.1) is 0 Å². The van der Waals surface area contributed by atoms with Gasteiger partial charge in [0.05, 0.1) is 12.0 Å². The first kappa shape index (κ1) is 20.3. The Morgan fingerprint density at radius 3 is 2.57 bits per heavy atom. The number of sulfonamides is 1. The molecule has 1 N–H and O–H groups in total. The highest BCUT2D eigenvalue weighted by Gasteiger charge is 2.34. The zero-order valence-corrected chi connectivity index (χ0v) is 16.7. The highest BCUT2D eigenvalue weighted by molar-refractivity contribution is 7.89. The van der Waals surface area contributed by atoms with E-state index in [1.54, 1.807) is 36.7 Å². The van der Waals surface area contributed by atoms with Gasteiger partial charge in [0.2, 0.25) is 15.9 Å². The van der Waals surface area contributed by atoms with Gasteiger partial charge in [-0.25, -0.2) is 8.42 Å². The minimum Gasteiger partial charge on any atom is -0.497 e. The van der Waals surface area contributed by atoms with Crippen molar-refractivity contribution in [2.24, 2.45) is 0 Å². The zero-order chi connectivity index (χ0) is 20.0. The number of amides is 1. The van der Waals surface area contributed by atoms with E-state index in [0.717, 1.165) is 18.4 Å². The molecule has 1 aromatic heterocycles. The molecular weight excluding hydrogens is 378 g/mol. The number of pyridine rings is 1. The van der Waals surface area contributed by atoms with Crippen LogP contribution in [0.3, 0.4) is 0 Å². The maximum Gasteiger partial charge on any atom is 0.243 e. The van der Waals surface area contributed by atoms with Gasteiger partial charge in [-0.2, -0.15) is 4.31 Å². The highest BCUT2D eigenvalue weighted by atomic mass is 32.2. The smallest absolute Gasteiger partial charge is 0.243 e. The molecule has 1 unspecified atom stereocenters. The van der Waals surface area contributed by atoms with Crippen LogP contribution >= 0.6 is 0 Å². The second-order valence-corrected chi connectivity index (χ2v) is 8.67. The summed E-state index contributed by atoms with van der Waals surface area (Å²) < 4.78 is 32.8. The minimum absolute atomic E-state index is 0.153. The number of aromatic nitrogens is 1. The molecule has 1 aromatic carbocycles. The van der Waals surface area contributed by atoms with Crippen LogP contribution in [0.1, 0.15) is 31.2 Å². The molecule has 1 amide bonds. The third-order valence-electron chi connectivity index (χ3n) is 4.90. The monoisotopic (exact) mass is 403 g/mol. The summed E-state index contributed by atoms with van der Waals surface area (Å²) in [6, 6.07) is 9.69. The molecule has 0 bridgehead atoms. The van der Waals surface area contributed by atoms with E-state index >= 15 is 0 Å². The van der Waals surface area contributed by atoms with Crippen molar-refractivity contribution in [3.8, 4) is 5.75 Å². The summed E-state index contributed by atoms with van der Waals surface area (Å²) >= 11 is 0. The van der Waals surface area contributed by atoms with E-state index in [-0.39, 0.29) is 23.3 Å².